The van der Waals surface area contributed by atoms with E-state index in [4.69, 9.17) is 13.3 Å². The van der Waals surface area contributed by atoms with Gasteiger partial charge in [-0.05, 0) is 12.5 Å². The summed E-state index contributed by atoms with van der Waals surface area (Å²) >= 11 is 0. The number of rotatable bonds is 3. The molecule has 15 heavy (non-hydrogen) atoms. The Morgan fingerprint density at radius 2 is 1.93 bits per heavy atom. The van der Waals surface area contributed by atoms with Gasteiger partial charge in [0.1, 0.15) is 5.75 Å². The summed E-state index contributed by atoms with van der Waals surface area (Å²) in [5.74, 6) is 0.916. The normalized spacial score (nSPS) is 22.2. The van der Waals surface area contributed by atoms with E-state index in [0.29, 0.717) is 0 Å². The van der Waals surface area contributed by atoms with E-state index in [1.807, 2.05) is 18.2 Å². The van der Waals surface area contributed by atoms with Crippen molar-refractivity contribution in [1.29, 1.82) is 0 Å². The lowest BCUT2D eigenvalue weighted by molar-refractivity contribution is 0.159. The summed E-state index contributed by atoms with van der Waals surface area (Å²) in [6, 6.07) is 8.07. The highest BCUT2D eigenvalue weighted by atomic mass is 28.4. The first-order valence-corrected chi connectivity index (χ1v) is 6.96. The molecule has 0 spiro atoms. The quantitative estimate of drug-likeness (QED) is 0.738. The third-order valence-electron chi connectivity index (χ3n) is 2.95. The molecule has 1 aromatic carbocycles. The zero-order valence-corrected chi connectivity index (χ0v) is 10.3. The van der Waals surface area contributed by atoms with Crippen molar-refractivity contribution in [1.82, 2.24) is 0 Å². The molecule has 1 aliphatic rings. The molecule has 4 heteroatoms. The second-order valence-corrected chi connectivity index (χ2v) is 6.54. The van der Waals surface area contributed by atoms with E-state index in [1.54, 1.807) is 14.2 Å². The van der Waals surface area contributed by atoms with Gasteiger partial charge < -0.3 is 13.3 Å². The van der Waals surface area contributed by atoms with Crippen LogP contribution in [0.25, 0.3) is 0 Å². The van der Waals surface area contributed by atoms with Crippen molar-refractivity contribution in [3.63, 3.8) is 0 Å². The smallest absolute Gasteiger partial charge is 0.500 e. The highest BCUT2D eigenvalue weighted by molar-refractivity contribution is 6.64. The fourth-order valence-electron chi connectivity index (χ4n) is 2.20. The molecule has 1 atom stereocenters. The predicted molar refractivity (Wildman–Crippen MR) is 59.9 cm³/mol. The monoisotopic (exact) mass is 224 g/mol. The van der Waals surface area contributed by atoms with Gasteiger partial charge >= 0.3 is 8.80 Å². The Bertz CT molecular complexity index is 349. The minimum atomic E-state index is -2.51. The van der Waals surface area contributed by atoms with Crippen molar-refractivity contribution in [3.8, 4) is 5.75 Å². The topological polar surface area (TPSA) is 27.7 Å². The zero-order chi connectivity index (χ0) is 10.9. The second kappa shape index (κ2) is 3.96. The number of para-hydroxylation sites is 1. The minimum Gasteiger partial charge on any atom is -0.500 e. The first-order valence-electron chi connectivity index (χ1n) is 5.15. The predicted octanol–water partition coefficient (Wildman–Crippen LogP) is 2.34. The number of hydrogen-bond acceptors (Lipinski definition) is 3. The lowest BCUT2D eigenvalue weighted by Gasteiger charge is -2.25. The number of fused-ring (bicyclic) bond motifs is 1. The van der Waals surface area contributed by atoms with Gasteiger partial charge in [0, 0.05) is 19.8 Å². The molecule has 0 aliphatic carbocycles. The van der Waals surface area contributed by atoms with Crippen LogP contribution in [0, 0.1) is 0 Å². The van der Waals surface area contributed by atoms with Gasteiger partial charge in [-0.2, -0.15) is 0 Å². The molecular formula is C11H16O3Si. The third kappa shape index (κ3) is 1.49. The van der Waals surface area contributed by atoms with Crippen LogP contribution in [0.15, 0.2) is 24.3 Å². The van der Waals surface area contributed by atoms with Crippen molar-refractivity contribution < 1.29 is 13.3 Å². The molecule has 0 radical (unpaired) electrons. The first kappa shape index (κ1) is 10.7. The molecule has 82 valence electrons. The summed E-state index contributed by atoms with van der Waals surface area (Å²) in [6.45, 7) is 2.13. The standard InChI is InChI=1S/C11H16O3Si/c1-4-11-9-7-5-6-8-10(9)14-15(11,12-2)13-3/h5-8,11H,4H2,1-3H3. The Hall–Kier alpha value is -0.843. The average molecular weight is 224 g/mol. The van der Waals surface area contributed by atoms with E-state index in [-0.39, 0.29) is 5.54 Å². The molecule has 2 rings (SSSR count). The van der Waals surface area contributed by atoms with Crippen LogP contribution in [0.5, 0.6) is 5.75 Å². The van der Waals surface area contributed by atoms with E-state index in [2.05, 4.69) is 13.0 Å². The van der Waals surface area contributed by atoms with E-state index < -0.39 is 8.80 Å². The van der Waals surface area contributed by atoms with Gasteiger partial charge in [-0.15, -0.1) is 0 Å². The molecule has 0 saturated carbocycles. The highest BCUT2D eigenvalue weighted by Gasteiger charge is 2.55. The van der Waals surface area contributed by atoms with Crippen LogP contribution < -0.4 is 4.43 Å². The Morgan fingerprint density at radius 3 is 2.53 bits per heavy atom. The van der Waals surface area contributed by atoms with E-state index in [0.717, 1.165) is 12.2 Å². The summed E-state index contributed by atoms with van der Waals surface area (Å²) < 4.78 is 16.9. The minimum absolute atomic E-state index is 0.267. The lowest BCUT2D eigenvalue weighted by atomic mass is 10.1. The average Bonchev–Trinajstić information content (AvgIpc) is 2.62. The first-order chi connectivity index (χ1) is 7.27. The van der Waals surface area contributed by atoms with E-state index in [9.17, 15) is 0 Å². The van der Waals surface area contributed by atoms with Crippen molar-refractivity contribution in [2.45, 2.75) is 18.9 Å². The van der Waals surface area contributed by atoms with Crippen molar-refractivity contribution >= 4 is 8.80 Å². The lowest BCUT2D eigenvalue weighted by Crippen LogP contribution is -2.49. The fraction of sp³-hybridized carbons (Fsp3) is 0.455. The number of hydrogen-bond donors (Lipinski definition) is 0. The van der Waals surface area contributed by atoms with Gasteiger partial charge in [-0.3, -0.25) is 0 Å². The van der Waals surface area contributed by atoms with Crippen LogP contribution in [0.2, 0.25) is 0 Å². The van der Waals surface area contributed by atoms with Crippen LogP contribution >= 0.6 is 0 Å². The van der Waals surface area contributed by atoms with Crippen LogP contribution in [0.3, 0.4) is 0 Å². The highest BCUT2D eigenvalue weighted by Crippen LogP contribution is 2.44. The Balaban J connectivity index is 2.44. The SMILES string of the molecule is CCC1c2ccccc2O[Si]1(OC)OC. The third-order valence-corrected chi connectivity index (χ3v) is 6.17. The van der Waals surface area contributed by atoms with Gasteiger partial charge in [0.2, 0.25) is 0 Å². The molecular weight excluding hydrogens is 208 g/mol. The van der Waals surface area contributed by atoms with Crippen molar-refractivity contribution in [2.75, 3.05) is 14.2 Å². The van der Waals surface area contributed by atoms with Crippen LogP contribution in [0.1, 0.15) is 24.4 Å². The zero-order valence-electron chi connectivity index (χ0n) is 9.32. The Labute approximate surface area is 91.3 Å². The fourth-order valence-corrected chi connectivity index (χ4v) is 4.85. The van der Waals surface area contributed by atoms with Crippen LogP contribution in [-0.4, -0.2) is 23.0 Å². The molecule has 1 unspecified atom stereocenters. The van der Waals surface area contributed by atoms with Gasteiger partial charge in [-0.1, -0.05) is 25.1 Å². The van der Waals surface area contributed by atoms with Gasteiger partial charge in [0.25, 0.3) is 0 Å². The summed E-state index contributed by atoms with van der Waals surface area (Å²) in [7, 11) is 0.827. The molecule has 0 aromatic heterocycles. The second-order valence-electron chi connectivity index (χ2n) is 3.61. The summed E-state index contributed by atoms with van der Waals surface area (Å²) in [5, 5.41) is 0. The molecule has 0 bridgehead atoms. The van der Waals surface area contributed by atoms with Gasteiger partial charge in [0.15, 0.2) is 0 Å². The van der Waals surface area contributed by atoms with E-state index >= 15 is 0 Å². The summed E-state index contributed by atoms with van der Waals surface area (Å²) in [6.07, 6.45) is 0.977. The largest absolute Gasteiger partial charge is 0.573 e. The number of benzene rings is 1. The molecule has 1 aromatic rings. The molecule has 1 aliphatic heterocycles. The molecule has 1 heterocycles. The maximum atomic E-state index is 5.89. The van der Waals surface area contributed by atoms with Gasteiger partial charge in [-0.25, -0.2) is 0 Å². The molecule has 0 saturated heterocycles. The summed E-state index contributed by atoms with van der Waals surface area (Å²) in [5.41, 5.74) is 1.49. The van der Waals surface area contributed by atoms with E-state index in [1.165, 1.54) is 5.56 Å². The molecule has 0 N–H and O–H groups in total. The maximum Gasteiger partial charge on any atom is 0.573 e. The maximum absolute atomic E-state index is 5.89. The van der Waals surface area contributed by atoms with Crippen molar-refractivity contribution in [3.05, 3.63) is 29.8 Å². The van der Waals surface area contributed by atoms with Crippen molar-refractivity contribution in [2.24, 2.45) is 0 Å². The Kier molecular flexibility index (Phi) is 2.82. The van der Waals surface area contributed by atoms with Crippen LogP contribution in [0.4, 0.5) is 0 Å². The van der Waals surface area contributed by atoms with Crippen LogP contribution in [-0.2, 0) is 8.85 Å². The summed E-state index contributed by atoms with van der Waals surface area (Å²) in [4.78, 5) is 0. The van der Waals surface area contributed by atoms with Gasteiger partial charge in [0.05, 0.1) is 5.54 Å². The molecule has 0 fully saturated rings. The Morgan fingerprint density at radius 1 is 1.27 bits per heavy atom. The molecule has 0 amide bonds. The molecule has 3 nitrogen and oxygen atoms in total.